The minimum atomic E-state index is -0.499. The molecule has 0 unspecified atom stereocenters. The topological polar surface area (TPSA) is 88.7 Å². The van der Waals surface area contributed by atoms with Crippen molar-refractivity contribution in [1.82, 2.24) is 15.5 Å². The van der Waals surface area contributed by atoms with Crippen LogP contribution < -0.4 is 10.2 Å². The molecule has 1 aliphatic rings. The number of nitrogens with one attached hydrogen (secondary N) is 2. The molecule has 0 radical (unpaired) electrons. The molecular formula is C19H36N4O4. The highest BCUT2D eigenvalue weighted by Gasteiger charge is 2.28. The van der Waals surface area contributed by atoms with Gasteiger partial charge >= 0.3 is 6.09 Å². The number of hydrogen-bond donors (Lipinski definition) is 2. The number of amides is 1. The number of methoxy groups -OCH3 is 2. The maximum absolute atomic E-state index is 12.0. The number of ether oxygens (including phenoxy) is 3. The standard InChI is InChI=1S/C17H30N4O4.C2H6/c1-11-13(15(23-5)24-6)19-20-14(11)21-9-7-8-12(10-21)18-16(22)25-17(2,3)4;1-2/h12,15H,7-10H2,1-6H3,(H,18,22)(H,19,20);1-2H3/t12-;/m1./s1. The Balaban J connectivity index is 0.00000176. The van der Waals surface area contributed by atoms with Crippen molar-refractivity contribution in [3.05, 3.63) is 11.3 Å². The Morgan fingerprint density at radius 1 is 1.30 bits per heavy atom. The van der Waals surface area contributed by atoms with Crippen molar-refractivity contribution in [2.24, 2.45) is 0 Å². The van der Waals surface area contributed by atoms with Gasteiger partial charge < -0.3 is 24.4 Å². The van der Waals surface area contributed by atoms with E-state index in [1.807, 2.05) is 41.5 Å². The molecule has 0 spiro atoms. The summed E-state index contributed by atoms with van der Waals surface area (Å²) in [4.78, 5) is 14.2. The Labute approximate surface area is 162 Å². The number of anilines is 1. The summed E-state index contributed by atoms with van der Waals surface area (Å²) in [7, 11) is 3.19. The molecule has 2 N–H and O–H groups in total. The van der Waals surface area contributed by atoms with Crippen molar-refractivity contribution in [3.63, 3.8) is 0 Å². The van der Waals surface area contributed by atoms with Crippen LogP contribution in [-0.4, -0.2) is 55.2 Å². The SMILES string of the molecule is CC.COC(OC)c1[nH]nc(N2CCC[C@@H](NC(=O)OC(C)(C)C)C2)c1C. The second-order valence-corrected chi connectivity index (χ2v) is 7.32. The largest absolute Gasteiger partial charge is 0.444 e. The predicted molar refractivity (Wildman–Crippen MR) is 106 cm³/mol. The molecule has 27 heavy (non-hydrogen) atoms. The molecule has 1 aromatic heterocycles. The fourth-order valence-electron chi connectivity index (χ4n) is 3.03. The van der Waals surface area contributed by atoms with Crippen LogP contribution in [0.3, 0.4) is 0 Å². The zero-order valence-electron chi connectivity index (χ0n) is 18.0. The van der Waals surface area contributed by atoms with Crippen LogP contribution in [0.25, 0.3) is 0 Å². The van der Waals surface area contributed by atoms with Crippen LogP contribution in [0.15, 0.2) is 0 Å². The third-order valence-corrected chi connectivity index (χ3v) is 4.13. The zero-order chi connectivity index (χ0) is 20.6. The molecular weight excluding hydrogens is 348 g/mol. The van der Waals surface area contributed by atoms with Crippen LogP contribution in [0.5, 0.6) is 0 Å². The molecule has 2 rings (SSSR count). The molecule has 0 bridgehead atoms. The highest BCUT2D eigenvalue weighted by Crippen LogP contribution is 2.28. The predicted octanol–water partition coefficient (Wildman–Crippen LogP) is 3.53. The number of carbonyl (C=O) groups excluding carboxylic acids is 1. The van der Waals surface area contributed by atoms with E-state index in [0.717, 1.165) is 36.5 Å². The lowest BCUT2D eigenvalue weighted by atomic mass is 10.1. The van der Waals surface area contributed by atoms with Crippen LogP contribution in [0.1, 0.15) is 65.0 Å². The second kappa shape index (κ2) is 10.5. The summed E-state index contributed by atoms with van der Waals surface area (Å²) in [5, 5.41) is 10.4. The monoisotopic (exact) mass is 384 g/mol. The quantitative estimate of drug-likeness (QED) is 0.755. The minimum Gasteiger partial charge on any atom is -0.444 e. The van der Waals surface area contributed by atoms with Gasteiger partial charge in [-0.15, -0.1) is 0 Å². The molecule has 1 fully saturated rings. The molecule has 1 saturated heterocycles. The number of aromatic amines is 1. The lowest BCUT2D eigenvalue weighted by Crippen LogP contribution is -2.49. The van der Waals surface area contributed by atoms with E-state index in [2.05, 4.69) is 20.4 Å². The van der Waals surface area contributed by atoms with Crippen molar-refractivity contribution >= 4 is 11.9 Å². The fraction of sp³-hybridized carbons (Fsp3) is 0.789. The first kappa shape index (κ1) is 23.2. The number of carbonyl (C=O) groups is 1. The van der Waals surface area contributed by atoms with Gasteiger partial charge in [-0.25, -0.2) is 4.79 Å². The maximum atomic E-state index is 12.0. The Kier molecular flexibility index (Phi) is 9.05. The van der Waals surface area contributed by atoms with Gasteiger partial charge in [0.15, 0.2) is 12.1 Å². The smallest absolute Gasteiger partial charge is 0.407 e. The van der Waals surface area contributed by atoms with E-state index < -0.39 is 11.9 Å². The van der Waals surface area contributed by atoms with Gasteiger partial charge in [-0.2, -0.15) is 5.10 Å². The molecule has 8 nitrogen and oxygen atoms in total. The number of H-pyrrole nitrogens is 1. The fourth-order valence-corrected chi connectivity index (χ4v) is 3.03. The van der Waals surface area contributed by atoms with E-state index >= 15 is 0 Å². The molecule has 1 aromatic rings. The molecule has 8 heteroatoms. The molecule has 0 aliphatic carbocycles. The zero-order valence-corrected chi connectivity index (χ0v) is 18.0. The number of rotatable bonds is 5. The summed E-state index contributed by atoms with van der Waals surface area (Å²) >= 11 is 0. The van der Waals surface area contributed by atoms with E-state index in [-0.39, 0.29) is 12.1 Å². The van der Waals surface area contributed by atoms with Crippen LogP contribution in [-0.2, 0) is 14.2 Å². The summed E-state index contributed by atoms with van der Waals surface area (Å²) in [6.45, 7) is 13.1. The third-order valence-electron chi connectivity index (χ3n) is 4.13. The lowest BCUT2D eigenvalue weighted by molar-refractivity contribution is -0.109. The second-order valence-electron chi connectivity index (χ2n) is 7.32. The first-order valence-electron chi connectivity index (χ1n) is 9.60. The number of piperidine rings is 1. The lowest BCUT2D eigenvalue weighted by Gasteiger charge is -2.34. The maximum Gasteiger partial charge on any atom is 0.407 e. The summed E-state index contributed by atoms with van der Waals surface area (Å²) in [5.41, 5.74) is 1.30. The average Bonchev–Trinajstić information content (AvgIpc) is 2.98. The van der Waals surface area contributed by atoms with Gasteiger partial charge in [0.25, 0.3) is 0 Å². The Morgan fingerprint density at radius 3 is 2.48 bits per heavy atom. The molecule has 1 atom stereocenters. The van der Waals surface area contributed by atoms with Gasteiger partial charge in [0.05, 0.1) is 5.69 Å². The number of hydrogen-bond acceptors (Lipinski definition) is 6. The van der Waals surface area contributed by atoms with Crippen LogP contribution in [0, 0.1) is 6.92 Å². The summed E-state index contributed by atoms with van der Waals surface area (Å²) in [6.07, 6.45) is 1.05. The van der Waals surface area contributed by atoms with Crippen molar-refractivity contribution in [2.75, 3.05) is 32.2 Å². The van der Waals surface area contributed by atoms with E-state index in [1.54, 1.807) is 14.2 Å². The average molecular weight is 385 g/mol. The van der Waals surface area contributed by atoms with Gasteiger partial charge in [-0.1, -0.05) is 13.8 Å². The van der Waals surface area contributed by atoms with Crippen molar-refractivity contribution < 1.29 is 19.0 Å². The van der Waals surface area contributed by atoms with Crippen molar-refractivity contribution in [2.45, 2.75) is 72.3 Å². The van der Waals surface area contributed by atoms with Gasteiger partial charge in [-0.05, 0) is 40.5 Å². The number of aromatic nitrogens is 2. The molecule has 1 amide bonds. The Morgan fingerprint density at radius 2 is 1.93 bits per heavy atom. The molecule has 156 valence electrons. The van der Waals surface area contributed by atoms with E-state index in [9.17, 15) is 4.79 Å². The Bertz CT molecular complexity index is 579. The summed E-state index contributed by atoms with van der Waals surface area (Å²) < 4.78 is 15.9. The van der Waals surface area contributed by atoms with E-state index in [1.165, 1.54) is 0 Å². The summed E-state index contributed by atoms with van der Waals surface area (Å²) in [5.74, 6) is 0.866. The highest BCUT2D eigenvalue weighted by atomic mass is 16.7. The number of nitrogens with zero attached hydrogens (tertiary/aromatic N) is 2. The van der Waals surface area contributed by atoms with E-state index in [0.29, 0.717) is 6.54 Å². The van der Waals surface area contributed by atoms with Crippen LogP contribution in [0.4, 0.5) is 10.6 Å². The third kappa shape index (κ3) is 6.70. The van der Waals surface area contributed by atoms with Gasteiger partial charge in [0.1, 0.15) is 5.60 Å². The highest BCUT2D eigenvalue weighted by molar-refractivity contribution is 5.68. The molecule has 0 aromatic carbocycles. The Hall–Kier alpha value is -1.80. The van der Waals surface area contributed by atoms with Crippen molar-refractivity contribution in [1.29, 1.82) is 0 Å². The minimum absolute atomic E-state index is 0.0313. The van der Waals surface area contributed by atoms with Gasteiger partial charge in [-0.3, -0.25) is 5.10 Å². The first-order chi connectivity index (χ1) is 12.7. The van der Waals surface area contributed by atoms with Gasteiger partial charge in [0, 0.05) is 38.9 Å². The summed E-state index contributed by atoms with van der Waals surface area (Å²) in [6, 6.07) is 0.0313. The normalized spacial score (nSPS) is 17.4. The molecule has 0 saturated carbocycles. The van der Waals surface area contributed by atoms with E-state index in [4.69, 9.17) is 14.2 Å². The molecule has 2 heterocycles. The molecule has 1 aliphatic heterocycles. The van der Waals surface area contributed by atoms with Crippen LogP contribution in [0.2, 0.25) is 0 Å². The van der Waals surface area contributed by atoms with Gasteiger partial charge in [0.2, 0.25) is 0 Å². The van der Waals surface area contributed by atoms with Crippen LogP contribution >= 0.6 is 0 Å². The first-order valence-corrected chi connectivity index (χ1v) is 9.60. The van der Waals surface area contributed by atoms with Crippen molar-refractivity contribution in [3.8, 4) is 0 Å². The number of alkyl carbamates (subject to hydrolysis) is 1.